The van der Waals surface area contributed by atoms with Gasteiger partial charge in [-0.25, -0.2) is 4.57 Å². The van der Waals surface area contributed by atoms with E-state index >= 15 is 0 Å². The van der Waals surface area contributed by atoms with Gasteiger partial charge in [-0.05, 0) is 38.5 Å². The minimum Gasteiger partial charge on any atom is -0.391 e. The maximum absolute atomic E-state index is 12.9. The molecule has 3 N–H and O–H groups in total. The average Bonchev–Trinajstić information content (AvgIpc) is 3.20. The molecule has 0 aliphatic carbocycles. The van der Waals surface area contributed by atoms with Gasteiger partial charge in [0.1, 0.15) is 13.2 Å². The Morgan fingerprint density at radius 1 is 0.550 bits per heavy atom. The largest absolute Gasteiger partial charge is 0.472 e. The van der Waals surface area contributed by atoms with Crippen molar-refractivity contribution < 1.29 is 32.9 Å². The first-order valence-corrected chi connectivity index (χ1v) is 27.5. The van der Waals surface area contributed by atoms with Crippen LogP contribution in [0.15, 0.2) is 12.2 Å². The summed E-state index contributed by atoms with van der Waals surface area (Å²) >= 11 is 0. The van der Waals surface area contributed by atoms with Crippen LogP contribution in [0, 0.1) is 0 Å². The van der Waals surface area contributed by atoms with Crippen molar-refractivity contribution in [3.63, 3.8) is 0 Å². The van der Waals surface area contributed by atoms with E-state index in [0.29, 0.717) is 23.9 Å². The molecule has 0 aromatic heterocycles. The van der Waals surface area contributed by atoms with Gasteiger partial charge in [0.2, 0.25) is 5.91 Å². The van der Waals surface area contributed by atoms with E-state index in [2.05, 4.69) is 31.3 Å². The van der Waals surface area contributed by atoms with Gasteiger partial charge in [-0.1, -0.05) is 225 Å². The smallest absolute Gasteiger partial charge is 0.391 e. The zero-order valence-corrected chi connectivity index (χ0v) is 41.6. The number of hydrogen-bond donors (Lipinski definition) is 3. The number of aliphatic hydroxyl groups is 1. The predicted molar refractivity (Wildman–Crippen MR) is 259 cm³/mol. The van der Waals surface area contributed by atoms with Crippen molar-refractivity contribution in [2.24, 2.45) is 0 Å². The van der Waals surface area contributed by atoms with E-state index in [1.165, 1.54) is 186 Å². The summed E-state index contributed by atoms with van der Waals surface area (Å²) in [6, 6.07) is -0.772. The molecule has 3 atom stereocenters. The van der Waals surface area contributed by atoms with Crippen LogP contribution in [0.25, 0.3) is 0 Å². The monoisotopic (exact) mass is 872 g/mol. The molecule has 9 heteroatoms. The average molecular weight is 872 g/mol. The Labute approximate surface area is 373 Å². The number of hydrogen-bond acceptors (Lipinski definition) is 5. The molecule has 0 aromatic rings. The number of aliphatic hydroxyl groups excluding tert-OH is 1. The van der Waals surface area contributed by atoms with E-state index in [1.54, 1.807) is 0 Å². The zero-order valence-electron chi connectivity index (χ0n) is 40.7. The standard InChI is InChI=1S/C51H103N2O6P/c1-6-8-10-12-14-16-18-20-22-24-25-26-27-29-31-33-35-37-39-41-43-45-51(55)52-49(48-59-60(56,57)58-47-46-53(3,4)5)50(54)44-42-40-38-36-34-32-30-28-23-21-19-17-15-13-11-9-7-2/h34,36,49-50,54H,6-33,35,37-48H2,1-5H3,(H-,52,55,56,57)/p+1/b36-34+/t49-,50+/m0/s1. The minimum absolute atomic E-state index is 0.0725. The Morgan fingerprint density at radius 2 is 0.900 bits per heavy atom. The SMILES string of the molecule is CCCCCCCCCCCCC/C=C/CCCC[C@@H](O)[C@H](COP(=O)(O)OCC[N+](C)(C)C)NC(=O)CCCCCCCCCCCCCCCCCCCCCCC. The number of quaternary nitrogens is 1. The fraction of sp³-hybridized carbons (Fsp3) is 0.941. The van der Waals surface area contributed by atoms with Gasteiger partial charge < -0.3 is 19.8 Å². The summed E-state index contributed by atoms with van der Waals surface area (Å²) in [6.07, 6.45) is 51.1. The lowest BCUT2D eigenvalue weighted by molar-refractivity contribution is -0.870. The van der Waals surface area contributed by atoms with Crippen LogP contribution in [0.1, 0.15) is 258 Å². The molecular weight excluding hydrogens is 768 g/mol. The van der Waals surface area contributed by atoms with Gasteiger partial charge in [0, 0.05) is 6.42 Å². The maximum Gasteiger partial charge on any atom is 0.472 e. The van der Waals surface area contributed by atoms with Crippen LogP contribution < -0.4 is 5.32 Å². The topological polar surface area (TPSA) is 105 Å². The molecule has 8 nitrogen and oxygen atoms in total. The summed E-state index contributed by atoms with van der Waals surface area (Å²) in [6.45, 7) is 4.90. The Balaban J connectivity index is 4.24. The zero-order chi connectivity index (χ0) is 44.3. The lowest BCUT2D eigenvalue weighted by atomic mass is 10.0. The van der Waals surface area contributed by atoms with Crippen molar-refractivity contribution in [2.75, 3.05) is 40.9 Å². The highest BCUT2D eigenvalue weighted by atomic mass is 31.2. The first-order valence-electron chi connectivity index (χ1n) is 26.1. The minimum atomic E-state index is -4.32. The van der Waals surface area contributed by atoms with E-state index in [4.69, 9.17) is 9.05 Å². The second-order valence-corrected chi connectivity index (χ2v) is 20.7. The third-order valence-corrected chi connectivity index (χ3v) is 13.0. The van der Waals surface area contributed by atoms with Crippen molar-refractivity contribution >= 4 is 13.7 Å². The number of nitrogens with one attached hydrogen (secondary N) is 1. The number of phosphoric acid groups is 1. The van der Waals surface area contributed by atoms with E-state index in [9.17, 15) is 19.4 Å². The Bertz CT molecular complexity index is 989. The van der Waals surface area contributed by atoms with Crippen molar-refractivity contribution in [1.29, 1.82) is 0 Å². The van der Waals surface area contributed by atoms with Crippen LogP contribution in [-0.2, 0) is 18.4 Å². The third kappa shape index (κ3) is 45.3. The molecule has 0 fully saturated rings. The number of nitrogens with zero attached hydrogens (tertiary/aromatic N) is 1. The van der Waals surface area contributed by atoms with Crippen molar-refractivity contribution in [3.05, 3.63) is 12.2 Å². The van der Waals surface area contributed by atoms with Gasteiger partial charge in [0.25, 0.3) is 0 Å². The Kier molecular flexibility index (Phi) is 42.9. The Morgan fingerprint density at radius 3 is 1.28 bits per heavy atom. The van der Waals surface area contributed by atoms with Gasteiger partial charge in [-0.3, -0.25) is 13.8 Å². The number of allylic oxidation sites excluding steroid dienone is 2. The van der Waals surface area contributed by atoms with Crippen molar-refractivity contribution in [2.45, 2.75) is 270 Å². The highest BCUT2D eigenvalue weighted by molar-refractivity contribution is 7.47. The Hall–Kier alpha value is -0.760. The van der Waals surface area contributed by atoms with E-state index in [1.807, 2.05) is 21.1 Å². The van der Waals surface area contributed by atoms with Gasteiger partial charge in [-0.15, -0.1) is 0 Å². The fourth-order valence-corrected chi connectivity index (χ4v) is 8.60. The number of unbranched alkanes of at least 4 members (excludes halogenated alkanes) is 33. The fourth-order valence-electron chi connectivity index (χ4n) is 7.87. The van der Waals surface area contributed by atoms with Gasteiger partial charge in [0.05, 0.1) is 39.9 Å². The third-order valence-electron chi connectivity index (χ3n) is 12.0. The van der Waals surface area contributed by atoms with Crippen LogP contribution in [0.2, 0.25) is 0 Å². The quantitative estimate of drug-likeness (QED) is 0.0243. The molecule has 0 aliphatic rings. The highest BCUT2D eigenvalue weighted by Crippen LogP contribution is 2.43. The molecule has 358 valence electrons. The lowest BCUT2D eigenvalue weighted by Gasteiger charge is -2.26. The highest BCUT2D eigenvalue weighted by Gasteiger charge is 2.28. The van der Waals surface area contributed by atoms with Crippen LogP contribution in [-0.4, -0.2) is 73.4 Å². The summed E-state index contributed by atoms with van der Waals surface area (Å²) in [5.74, 6) is -0.149. The number of carbonyl (C=O) groups excluding carboxylic acids is 1. The van der Waals surface area contributed by atoms with Crippen LogP contribution in [0.5, 0.6) is 0 Å². The molecule has 60 heavy (non-hydrogen) atoms. The van der Waals surface area contributed by atoms with Crippen LogP contribution >= 0.6 is 7.82 Å². The first kappa shape index (κ1) is 59.2. The van der Waals surface area contributed by atoms with Crippen LogP contribution in [0.4, 0.5) is 0 Å². The second-order valence-electron chi connectivity index (χ2n) is 19.3. The molecule has 0 aromatic carbocycles. The summed E-state index contributed by atoms with van der Waals surface area (Å²) in [7, 11) is 1.61. The molecular formula is C51H104N2O6P+. The summed E-state index contributed by atoms with van der Waals surface area (Å²) in [5, 5.41) is 14.0. The maximum atomic E-state index is 12.9. The predicted octanol–water partition coefficient (Wildman–Crippen LogP) is 15.1. The summed E-state index contributed by atoms with van der Waals surface area (Å²) in [5.41, 5.74) is 0. The van der Waals surface area contributed by atoms with Crippen LogP contribution in [0.3, 0.4) is 0 Å². The lowest BCUT2D eigenvalue weighted by Crippen LogP contribution is -2.46. The van der Waals surface area contributed by atoms with Gasteiger partial charge in [0.15, 0.2) is 0 Å². The molecule has 1 unspecified atom stereocenters. The molecule has 0 rings (SSSR count). The number of amides is 1. The van der Waals surface area contributed by atoms with Gasteiger partial charge >= 0.3 is 7.82 Å². The van der Waals surface area contributed by atoms with E-state index in [-0.39, 0.29) is 19.1 Å². The molecule has 0 spiro atoms. The van der Waals surface area contributed by atoms with Crippen molar-refractivity contribution in [1.82, 2.24) is 5.32 Å². The number of phosphoric ester groups is 1. The molecule has 0 saturated heterocycles. The molecule has 0 aliphatic heterocycles. The molecule has 0 saturated carbocycles. The molecule has 0 radical (unpaired) electrons. The number of rotatable bonds is 48. The molecule has 1 amide bonds. The van der Waals surface area contributed by atoms with E-state index < -0.39 is 20.0 Å². The molecule has 0 bridgehead atoms. The summed E-state index contributed by atoms with van der Waals surface area (Å²) < 4.78 is 23.7. The number of likely N-dealkylation sites (N-methyl/N-ethyl adjacent to an activating group) is 1. The molecule has 0 heterocycles. The van der Waals surface area contributed by atoms with Crippen molar-refractivity contribution in [3.8, 4) is 0 Å². The summed E-state index contributed by atoms with van der Waals surface area (Å²) in [4.78, 5) is 23.2. The first-order chi connectivity index (χ1) is 29.0. The normalized spacial score (nSPS) is 14.2. The van der Waals surface area contributed by atoms with Gasteiger partial charge in [-0.2, -0.15) is 0 Å². The van der Waals surface area contributed by atoms with E-state index in [0.717, 1.165) is 44.9 Å². The second kappa shape index (κ2) is 43.5. The number of carbonyl (C=O) groups is 1.